The van der Waals surface area contributed by atoms with Gasteiger partial charge in [0.05, 0.1) is 16.9 Å². The van der Waals surface area contributed by atoms with Gasteiger partial charge >= 0.3 is 6.18 Å². The maximum atomic E-state index is 12.9. The number of fused-ring (bicyclic) bond motifs is 1. The van der Waals surface area contributed by atoms with Crippen molar-refractivity contribution in [1.82, 2.24) is 24.4 Å². The lowest BCUT2D eigenvalue weighted by atomic mass is 9.86. The molecular weight excluding hydrogens is 575 g/mol. The van der Waals surface area contributed by atoms with Gasteiger partial charge in [-0.15, -0.1) is 0 Å². The average Bonchev–Trinajstić information content (AvgIpc) is 3.22. The molecule has 0 aromatic heterocycles. The Morgan fingerprint density at radius 3 is 2.40 bits per heavy atom. The summed E-state index contributed by atoms with van der Waals surface area (Å²) in [5.74, 6) is -3.34. The molecule has 3 heterocycles. The van der Waals surface area contributed by atoms with E-state index in [1.165, 1.54) is 26.2 Å². The zero-order valence-electron chi connectivity index (χ0n) is 21.9. The molecule has 3 saturated heterocycles. The largest absolute Gasteiger partial charge is 0.404 e. The number of benzene rings is 1. The summed E-state index contributed by atoms with van der Waals surface area (Å²) < 4.78 is 90.2. The van der Waals surface area contributed by atoms with Gasteiger partial charge in [0.2, 0.25) is 26.0 Å². The molecule has 222 valence electrons. The van der Waals surface area contributed by atoms with Crippen molar-refractivity contribution >= 4 is 31.6 Å². The summed E-state index contributed by atoms with van der Waals surface area (Å²) in [4.78, 5) is 13.0. The Morgan fingerprint density at radius 1 is 1.12 bits per heavy atom. The molecule has 3 fully saturated rings. The summed E-state index contributed by atoms with van der Waals surface area (Å²) in [7, 11) is -5.38. The van der Waals surface area contributed by atoms with Crippen LogP contribution in [0.2, 0.25) is 0 Å². The highest BCUT2D eigenvalue weighted by Gasteiger charge is 2.52. The fraction of sp³-hybridized carbons (Fsp3) is 0.652. The SMILES string of the molecule is CN(C)S(=O)(=O)c1ccc(NC2NN(C3CCN(S(=O)(=O)CC(F)(F)F)CC3CC#N)C3CCNC(=O)C23)cc1. The summed E-state index contributed by atoms with van der Waals surface area (Å²) >= 11 is 0. The van der Waals surface area contributed by atoms with Crippen molar-refractivity contribution in [2.45, 2.75) is 48.6 Å². The van der Waals surface area contributed by atoms with Gasteiger partial charge in [-0.05, 0) is 37.1 Å². The van der Waals surface area contributed by atoms with Crippen molar-refractivity contribution in [3.8, 4) is 6.07 Å². The normalized spacial score (nSPS) is 28.6. The number of hydrogen-bond donors (Lipinski definition) is 3. The third-order valence-corrected chi connectivity index (χ3v) is 11.2. The van der Waals surface area contributed by atoms with E-state index in [4.69, 9.17) is 0 Å². The molecule has 5 atom stereocenters. The maximum absolute atomic E-state index is 12.9. The number of anilines is 1. The van der Waals surface area contributed by atoms with E-state index in [9.17, 15) is 40.1 Å². The van der Waals surface area contributed by atoms with E-state index in [1.54, 1.807) is 12.1 Å². The average molecular weight is 608 g/mol. The number of hydrazine groups is 1. The molecule has 3 aliphatic heterocycles. The number of nitrogens with one attached hydrogen (secondary N) is 3. The number of nitriles is 1. The molecule has 1 aromatic rings. The van der Waals surface area contributed by atoms with Crippen molar-refractivity contribution < 1.29 is 34.8 Å². The van der Waals surface area contributed by atoms with Crippen LogP contribution < -0.4 is 16.1 Å². The molecule has 0 radical (unpaired) electrons. The van der Waals surface area contributed by atoms with E-state index in [2.05, 4.69) is 16.1 Å². The second kappa shape index (κ2) is 11.4. The van der Waals surface area contributed by atoms with Crippen LogP contribution in [0.4, 0.5) is 18.9 Å². The molecule has 4 rings (SSSR count). The van der Waals surface area contributed by atoms with E-state index in [1.807, 2.05) is 11.1 Å². The number of rotatable bonds is 8. The Hall–Kier alpha value is -2.49. The predicted octanol–water partition coefficient (Wildman–Crippen LogP) is 0.496. The van der Waals surface area contributed by atoms with Gasteiger partial charge in [-0.2, -0.15) is 18.4 Å². The van der Waals surface area contributed by atoms with Crippen LogP contribution in [-0.4, -0.2) is 100 Å². The molecular formula is C23H32F3N7O5S2. The second-order valence-electron chi connectivity index (χ2n) is 10.4. The predicted molar refractivity (Wildman–Crippen MR) is 138 cm³/mol. The first-order valence-corrected chi connectivity index (χ1v) is 15.7. The van der Waals surface area contributed by atoms with E-state index >= 15 is 0 Å². The Kier molecular flexibility index (Phi) is 8.69. The van der Waals surface area contributed by atoms with Crippen molar-refractivity contribution in [1.29, 1.82) is 5.26 Å². The van der Waals surface area contributed by atoms with Crippen LogP contribution >= 0.6 is 0 Å². The number of halogens is 3. The van der Waals surface area contributed by atoms with Gasteiger partial charge in [0.15, 0.2) is 5.75 Å². The molecule has 12 nitrogen and oxygen atoms in total. The Morgan fingerprint density at radius 2 is 1.80 bits per heavy atom. The van der Waals surface area contributed by atoms with Crippen LogP contribution in [0.5, 0.6) is 0 Å². The van der Waals surface area contributed by atoms with Gasteiger partial charge in [0.1, 0.15) is 6.17 Å². The molecule has 40 heavy (non-hydrogen) atoms. The number of piperidine rings is 2. The number of carbonyl (C=O) groups is 1. The van der Waals surface area contributed by atoms with Crippen molar-refractivity contribution in [2.24, 2.45) is 11.8 Å². The van der Waals surface area contributed by atoms with Gasteiger partial charge in [-0.25, -0.2) is 35.9 Å². The molecule has 3 N–H and O–H groups in total. The molecule has 0 bridgehead atoms. The summed E-state index contributed by atoms with van der Waals surface area (Å²) in [6.07, 6.45) is -4.84. The highest BCUT2D eigenvalue weighted by atomic mass is 32.2. The number of sulfonamides is 2. The summed E-state index contributed by atoms with van der Waals surface area (Å²) in [5.41, 5.74) is 3.85. The zero-order valence-corrected chi connectivity index (χ0v) is 23.6. The number of nitrogens with zero attached hydrogens (tertiary/aromatic N) is 4. The fourth-order valence-electron chi connectivity index (χ4n) is 5.64. The van der Waals surface area contributed by atoms with E-state index in [-0.39, 0.29) is 42.8 Å². The number of hydrogen-bond acceptors (Lipinski definition) is 9. The number of carbonyl (C=O) groups excluding carboxylic acids is 1. The molecule has 5 unspecified atom stereocenters. The standard InChI is InChI=1S/C23H32F3N7O5S2/c1-31(2)40(37,38)17-5-3-16(4-6-17)29-21-20-19(8-11-28-22(20)34)33(30-21)18-9-12-32(13-15(18)7-10-27)39(35,36)14-23(24,25)26/h3-6,15,18-21,29-30H,7-9,11-14H2,1-2H3,(H,28,34). The van der Waals surface area contributed by atoms with E-state index in [0.29, 0.717) is 18.7 Å². The molecule has 3 aliphatic rings. The molecule has 0 saturated carbocycles. The highest BCUT2D eigenvalue weighted by Crippen LogP contribution is 2.36. The summed E-state index contributed by atoms with van der Waals surface area (Å²) in [6.45, 7) is 0.0225. The fourth-order valence-corrected chi connectivity index (χ4v) is 7.94. The topological polar surface area (TPSA) is 155 Å². The quantitative estimate of drug-likeness (QED) is 0.383. The van der Waals surface area contributed by atoms with Gasteiger partial charge in [0, 0.05) is 63.8 Å². The van der Waals surface area contributed by atoms with Crippen LogP contribution in [0, 0.1) is 23.2 Å². The Bertz CT molecular complexity index is 1350. The smallest absolute Gasteiger partial charge is 0.368 e. The minimum Gasteiger partial charge on any atom is -0.368 e. The first kappa shape index (κ1) is 30.5. The molecule has 0 spiro atoms. The van der Waals surface area contributed by atoms with E-state index < -0.39 is 56.0 Å². The van der Waals surface area contributed by atoms with Crippen LogP contribution in [0.3, 0.4) is 0 Å². The third kappa shape index (κ3) is 6.37. The lowest BCUT2D eigenvalue weighted by Crippen LogP contribution is -2.58. The number of amides is 1. The van der Waals surface area contributed by atoms with Crippen LogP contribution in [-0.2, 0) is 24.8 Å². The van der Waals surface area contributed by atoms with Crippen molar-refractivity contribution in [2.75, 3.05) is 44.8 Å². The maximum Gasteiger partial charge on any atom is 0.404 e. The highest BCUT2D eigenvalue weighted by molar-refractivity contribution is 7.89. The van der Waals surface area contributed by atoms with Gasteiger partial charge in [-0.1, -0.05) is 0 Å². The number of alkyl halides is 3. The first-order chi connectivity index (χ1) is 18.6. The first-order valence-electron chi connectivity index (χ1n) is 12.7. The van der Waals surface area contributed by atoms with Crippen LogP contribution in [0.1, 0.15) is 19.3 Å². The Balaban J connectivity index is 1.54. The van der Waals surface area contributed by atoms with Gasteiger partial charge in [0.25, 0.3) is 0 Å². The molecule has 0 aliphatic carbocycles. The third-order valence-electron chi connectivity index (χ3n) is 7.52. The van der Waals surface area contributed by atoms with Gasteiger partial charge < -0.3 is 10.6 Å². The lowest BCUT2D eigenvalue weighted by molar-refractivity contribution is -0.128. The molecule has 1 amide bonds. The second-order valence-corrected chi connectivity index (χ2v) is 14.5. The monoisotopic (exact) mass is 607 g/mol. The van der Waals surface area contributed by atoms with E-state index in [0.717, 1.165) is 8.61 Å². The summed E-state index contributed by atoms with van der Waals surface area (Å²) in [6, 6.07) is 7.36. The van der Waals surface area contributed by atoms with Gasteiger partial charge in [-0.3, -0.25) is 4.79 Å². The van der Waals surface area contributed by atoms with Crippen molar-refractivity contribution in [3.63, 3.8) is 0 Å². The van der Waals surface area contributed by atoms with Crippen LogP contribution in [0.15, 0.2) is 29.2 Å². The molecule has 1 aromatic carbocycles. The summed E-state index contributed by atoms with van der Waals surface area (Å²) in [5, 5.41) is 17.4. The minimum atomic E-state index is -4.88. The van der Waals surface area contributed by atoms with Crippen LogP contribution in [0.25, 0.3) is 0 Å². The Labute approximate surface area is 231 Å². The lowest BCUT2D eigenvalue weighted by Gasteiger charge is -2.44. The van der Waals surface area contributed by atoms with Crippen molar-refractivity contribution in [3.05, 3.63) is 24.3 Å². The molecule has 17 heteroatoms. The zero-order chi connectivity index (χ0) is 29.5. The minimum absolute atomic E-state index is 0.0790.